The number of aromatic hydroxyl groups is 2. The topological polar surface area (TPSA) is 102 Å². The average Bonchev–Trinajstić information content (AvgIpc) is 3.76. The van der Waals surface area contributed by atoms with Gasteiger partial charge in [0.15, 0.2) is 0 Å². The summed E-state index contributed by atoms with van der Waals surface area (Å²) < 4.78 is 3.73. The van der Waals surface area contributed by atoms with Gasteiger partial charge in [-0.25, -0.2) is 9.36 Å². The van der Waals surface area contributed by atoms with Crippen LogP contribution in [0.25, 0.3) is 43.6 Å². The summed E-state index contributed by atoms with van der Waals surface area (Å²) in [5.41, 5.74) is 6.48. The van der Waals surface area contributed by atoms with Gasteiger partial charge in [0.2, 0.25) is 0 Å². The highest BCUT2D eigenvalue weighted by molar-refractivity contribution is 5.91. The molecule has 9 aromatic rings. The zero-order valence-corrected chi connectivity index (χ0v) is 25.6. The van der Waals surface area contributed by atoms with E-state index < -0.39 is 12.1 Å². The first kappa shape index (κ1) is 27.7. The van der Waals surface area contributed by atoms with Crippen LogP contribution in [-0.4, -0.2) is 40.2 Å². The van der Waals surface area contributed by atoms with Crippen LogP contribution >= 0.6 is 0 Å². The molecule has 2 N–H and O–H groups in total. The van der Waals surface area contributed by atoms with Crippen LogP contribution in [0.1, 0.15) is 34.3 Å². The lowest BCUT2D eigenvalue weighted by molar-refractivity contribution is 0.460. The minimum atomic E-state index is -0.476. The highest BCUT2D eigenvalue weighted by Crippen LogP contribution is 2.41. The van der Waals surface area contributed by atoms with E-state index in [0.29, 0.717) is 11.1 Å². The first-order valence-corrected chi connectivity index (χ1v) is 15.8. The van der Waals surface area contributed by atoms with Gasteiger partial charge in [-0.2, -0.15) is 0 Å². The quantitative estimate of drug-likeness (QED) is 0.194. The molecule has 9 rings (SSSR count). The third-order valence-corrected chi connectivity index (χ3v) is 9.26. The second-order valence-electron chi connectivity index (χ2n) is 12.0. The van der Waals surface area contributed by atoms with Crippen molar-refractivity contribution in [3.05, 3.63) is 168 Å². The molecule has 0 spiro atoms. The lowest BCUT2D eigenvalue weighted by Crippen LogP contribution is -2.16. The van der Waals surface area contributed by atoms with Crippen LogP contribution in [0, 0.1) is 0 Å². The molecular weight excluding hydrogens is 596 g/mol. The fourth-order valence-corrected chi connectivity index (χ4v) is 6.91. The SMILES string of the molecule is Oc1c(C(c2ccc(C(c3ccc4ccccc4c3O)n3nnc4ccccc43)cc2)n2nnc3ccccc32)ccc2ccccc12. The van der Waals surface area contributed by atoms with Gasteiger partial charge in [0.25, 0.3) is 0 Å². The van der Waals surface area contributed by atoms with Crippen molar-refractivity contribution < 1.29 is 10.2 Å². The van der Waals surface area contributed by atoms with E-state index in [1.54, 1.807) is 0 Å². The van der Waals surface area contributed by atoms with Crippen molar-refractivity contribution >= 4 is 43.6 Å². The molecule has 2 heterocycles. The molecule has 0 amide bonds. The predicted molar refractivity (Wildman–Crippen MR) is 187 cm³/mol. The van der Waals surface area contributed by atoms with Crippen LogP contribution in [0.15, 0.2) is 146 Å². The summed E-state index contributed by atoms with van der Waals surface area (Å²) in [5.74, 6) is 0.407. The van der Waals surface area contributed by atoms with Crippen LogP contribution in [0.4, 0.5) is 0 Å². The number of phenolic OH excluding ortho intramolecular Hbond substituents is 2. The summed E-state index contributed by atoms with van der Waals surface area (Å²) in [6.07, 6.45) is 0. The van der Waals surface area contributed by atoms with Crippen molar-refractivity contribution in [1.29, 1.82) is 0 Å². The van der Waals surface area contributed by atoms with Crippen molar-refractivity contribution in [2.45, 2.75) is 12.1 Å². The summed E-state index contributed by atoms with van der Waals surface area (Å²) in [6.45, 7) is 0. The van der Waals surface area contributed by atoms with Gasteiger partial charge in [-0.3, -0.25) is 0 Å². The van der Waals surface area contributed by atoms with Crippen molar-refractivity contribution in [1.82, 2.24) is 30.0 Å². The van der Waals surface area contributed by atoms with Gasteiger partial charge in [-0.05, 0) is 46.2 Å². The van der Waals surface area contributed by atoms with E-state index in [2.05, 4.69) is 44.9 Å². The van der Waals surface area contributed by atoms with E-state index in [-0.39, 0.29) is 11.5 Å². The maximum absolute atomic E-state index is 11.7. The highest BCUT2D eigenvalue weighted by atomic mass is 16.3. The molecule has 2 atom stereocenters. The second kappa shape index (κ2) is 11.1. The van der Waals surface area contributed by atoms with E-state index >= 15 is 0 Å². The van der Waals surface area contributed by atoms with Gasteiger partial charge in [-0.15, -0.1) is 10.2 Å². The Labute approximate surface area is 274 Å². The summed E-state index contributed by atoms with van der Waals surface area (Å²) in [4.78, 5) is 0. The molecule has 8 heteroatoms. The highest BCUT2D eigenvalue weighted by Gasteiger charge is 2.27. The Kier molecular flexibility index (Phi) is 6.39. The molecule has 0 bridgehead atoms. The van der Waals surface area contributed by atoms with E-state index in [1.807, 2.05) is 131 Å². The average molecular weight is 625 g/mol. The second-order valence-corrected chi connectivity index (χ2v) is 12.0. The number of benzene rings is 7. The van der Waals surface area contributed by atoms with Gasteiger partial charge >= 0.3 is 0 Å². The minimum Gasteiger partial charge on any atom is -0.507 e. The number of hydrogen-bond donors (Lipinski definition) is 2. The Morgan fingerprint density at radius 2 is 0.812 bits per heavy atom. The maximum Gasteiger partial charge on any atom is 0.129 e. The van der Waals surface area contributed by atoms with Gasteiger partial charge in [0.1, 0.15) is 34.6 Å². The lowest BCUT2D eigenvalue weighted by atomic mass is 9.91. The first-order chi connectivity index (χ1) is 23.7. The smallest absolute Gasteiger partial charge is 0.129 e. The molecule has 0 saturated carbocycles. The van der Waals surface area contributed by atoms with E-state index in [9.17, 15) is 10.2 Å². The van der Waals surface area contributed by atoms with E-state index in [0.717, 1.165) is 54.7 Å². The Morgan fingerprint density at radius 3 is 1.27 bits per heavy atom. The summed E-state index contributed by atoms with van der Waals surface area (Å²) in [5, 5.41) is 44.9. The van der Waals surface area contributed by atoms with Crippen LogP contribution in [0.2, 0.25) is 0 Å². The lowest BCUT2D eigenvalue weighted by Gasteiger charge is -2.24. The first-order valence-electron chi connectivity index (χ1n) is 15.8. The number of phenols is 2. The van der Waals surface area contributed by atoms with Crippen LogP contribution < -0.4 is 0 Å². The fraction of sp³-hybridized carbons (Fsp3) is 0.0500. The fourth-order valence-electron chi connectivity index (χ4n) is 6.91. The Balaban J connectivity index is 1.23. The van der Waals surface area contributed by atoms with E-state index in [4.69, 9.17) is 0 Å². The van der Waals surface area contributed by atoms with Crippen molar-refractivity contribution in [2.24, 2.45) is 0 Å². The van der Waals surface area contributed by atoms with Gasteiger partial charge in [0, 0.05) is 21.9 Å². The van der Waals surface area contributed by atoms with Crippen LogP contribution in [-0.2, 0) is 0 Å². The van der Waals surface area contributed by atoms with Crippen LogP contribution in [0.3, 0.4) is 0 Å². The summed E-state index contributed by atoms with van der Waals surface area (Å²) in [6, 6.07) is 46.5. The van der Waals surface area contributed by atoms with Crippen molar-refractivity contribution in [3.63, 3.8) is 0 Å². The van der Waals surface area contributed by atoms with Gasteiger partial charge < -0.3 is 10.2 Å². The van der Waals surface area contributed by atoms with Crippen molar-refractivity contribution in [3.8, 4) is 11.5 Å². The Hall–Kier alpha value is -6.54. The molecule has 8 nitrogen and oxygen atoms in total. The molecule has 0 aliphatic rings. The monoisotopic (exact) mass is 624 g/mol. The molecule has 230 valence electrons. The summed E-state index contributed by atoms with van der Waals surface area (Å²) >= 11 is 0. The van der Waals surface area contributed by atoms with E-state index in [1.165, 1.54) is 0 Å². The number of hydrogen-bond acceptors (Lipinski definition) is 6. The minimum absolute atomic E-state index is 0.204. The van der Waals surface area contributed by atoms with Crippen LogP contribution in [0.5, 0.6) is 11.5 Å². The molecule has 0 fully saturated rings. The summed E-state index contributed by atoms with van der Waals surface area (Å²) in [7, 11) is 0. The Bertz CT molecular complexity index is 2440. The molecule has 2 unspecified atom stereocenters. The third kappa shape index (κ3) is 4.38. The number of fused-ring (bicyclic) bond motifs is 4. The molecule has 7 aromatic carbocycles. The molecule has 0 aliphatic carbocycles. The van der Waals surface area contributed by atoms with Gasteiger partial charge in [0.05, 0.1) is 11.0 Å². The molecule has 0 aliphatic heterocycles. The predicted octanol–water partition coefficient (Wildman–Crippen LogP) is 8.17. The largest absolute Gasteiger partial charge is 0.507 e. The standard InChI is InChI=1S/C40H28N6O2/c47-39-29-11-3-1-9-25(29)21-23-31(39)37(45-35-15-7-5-13-33(35)41-43-45)27-17-19-28(20-18-27)38(46-36-16-8-6-14-34(36)42-44-46)32-24-22-26-10-2-4-12-30(26)40(32)48/h1-24,37-38,47-48H. The van der Waals surface area contributed by atoms with Gasteiger partial charge in [-0.1, -0.05) is 132 Å². The molecular formula is C40H28N6O2. The number of rotatable bonds is 6. The number of para-hydroxylation sites is 2. The molecule has 48 heavy (non-hydrogen) atoms. The maximum atomic E-state index is 11.7. The molecule has 0 radical (unpaired) electrons. The third-order valence-electron chi connectivity index (χ3n) is 9.26. The zero-order chi connectivity index (χ0) is 32.2. The molecule has 2 aromatic heterocycles. The normalized spacial score (nSPS) is 13.0. The van der Waals surface area contributed by atoms with Crippen molar-refractivity contribution in [2.75, 3.05) is 0 Å². The number of aromatic nitrogens is 6. The Morgan fingerprint density at radius 1 is 0.417 bits per heavy atom. The zero-order valence-electron chi connectivity index (χ0n) is 25.6. The molecule has 0 saturated heterocycles. The number of nitrogens with zero attached hydrogens (tertiary/aromatic N) is 6.